The molecule has 5 aromatic rings. The number of nitrogens with one attached hydrogen (secondary N) is 3. The molecule has 5 aliphatic rings. The van der Waals surface area contributed by atoms with Gasteiger partial charge in [-0.15, -0.1) is 11.3 Å². The van der Waals surface area contributed by atoms with E-state index in [2.05, 4.69) is 47.6 Å². The molecule has 12 atom stereocenters. The predicted octanol–water partition coefficient (Wildman–Crippen LogP) is 11.0. The third-order valence-electron chi connectivity index (χ3n) is 19.8. The van der Waals surface area contributed by atoms with E-state index in [0.717, 1.165) is 72.5 Å². The maximum Gasteiger partial charge on any atom is 0.418 e. The number of ether oxygens (including phenoxy) is 2. The van der Waals surface area contributed by atoms with Crippen molar-refractivity contribution in [1.82, 2.24) is 45.7 Å². The highest BCUT2D eigenvalue weighted by Crippen LogP contribution is 2.54. The predicted molar refractivity (Wildman–Crippen MR) is 340 cm³/mol. The Kier molecular flexibility index (Phi) is 19.8. The van der Waals surface area contributed by atoms with Gasteiger partial charge >= 0.3 is 12.2 Å². The van der Waals surface area contributed by atoms with Crippen molar-refractivity contribution in [3.8, 4) is 33.6 Å². The average Bonchev–Trinajstić information content (AvgIpc) is 1.47. The van der Waals surface area contributed by atoms with Gasteiger partial charge in [0.25, 0.3) is 0 Å². The number of nitrogens with zero attached hydrogens (tertiary/aromatic N) is 7. The first-order chi connectivity index (χ1) is 42.5. The lowest BCUT2D eigenvalue weighted by atomic mass is 9.72. The third-order valence-corrected chi connectivity index (χ3v) is 21.0. The Morgan fingerprint density at radius 2 is 1.74 bits per heavy atom. The highest BCUT2D eigenvalue weighted by Gasteiger charge is 2.54. The molecule has 7 heterocycles. The van der Waals surface area contributed by atoms with Gasteiger partial charge in [-0.05, 0) is 159 Å². The molecule has 4 aliphatic heterocycles. The second-order valence-corrected chi connectivity index (χ2v) is 28.3. The second kappa shape index (κ2) is 26.8. The van der Waals surface area contributed by atoms with E-state index in [4.69, 9.17) is 31.8 Å². The Hall–Kier alpha value is -6.27. The number of alkyl halides is 3. The number of nitrogens with two attached hydrogens (primary N) is 1. The number of aliphatic hydroxyl groups is 1. The van der Waals surface area contributed by atoms with Crippen molar-refractivity contribution >= 4 is 68.9 Å². The molecule has 1 unspecified atom stereocenters. The number of pyridine rings is 1. The van der Waals surface area contributed by atoms with Crippen molar-refractivity contribution in [2.75, 3.05) is 43.9 Å². The number of unbranched alkanes of at least 4 members (excludes halogenated alkanes) is 1. The maximum absolute atomic E-state index is 17.5. The molecule has 18 nitrogen and oxygen atoms in total. The standard InChI is InChI=1S/C66H86ClF4N11O7S/c1-11-47(73-23-13-12-16-51(85)76-58(64(6,7)8)62(87)81-32-44(83)30-49(81)60(86)75-34(2)40-18-20-41(21-19-40)57-35(3)74-33-90-57)50(84)27-39-25-38-17-22-42(26-39)65(9)37(5)89-61-52-56(54(68)55(77-61)45-28-43(72)29-46(67)53(45)66(69,70)71)78-63(79-59(52)82(65)31-38)88-36(4)48-15-14-24-80(48)10/h18-21,28-29,33-34,36-39,42,44,47-49,58,73,83H,11-17,22-27,30-32,72H2,1-10H3,(H,75,86)(H,76,85)/t34-,36-,37-,38+,39?,42-,44+,47-,48-,49-,58+,65+/m0/s1. The number of Topliss-reactive ketones (excluding diaryl/α,β-unsaturated/α-hetero) is 1. The number of hydrogen-bond acceptors (Lipinski definition) is 16. The number of thiazole rings is 1. The SMILES string of the molecule is CC[C@H](NCCCCC(=O)N[C@H](C(=O)N1C[C@H](O)C[C@H]1C(=O)N[C@@H](C)c1ccc(-c2scnc2C)cc1)C(C)(C)C)C(=O)CC1C[C@H]2CC[C@@H](C1)[C@@]1(C)[C@H](C)Oc3nc(-c4cc(N)cc(Cl)c4C(F)(F)F)c(F)c4nc(O[C@@H](C)[C@@H]5CCCN5C)nc(c34)N1C2. The number of carbonyl (C=O) groups excluding carboxylic acids is 4. The molecular formula is C66H86ClF4N11O7S. The number of aliphatic hydroxyl groups excluding tert-OH is 1. The zero-order valence-corrected chi connectivity index (χ0v) is 54.7. The summed E-state index contributed by atoms with van der Waals surface area (Å²) in [5, 5.41) is 19.7. The molecule has 4 fully saturated rings. The summed E-state index contributed by atoms with van der Waals surface area (Å²) in [6.07, 6.45) is -0.0468. The zero-order valence-electron chi connectivity index (χ0n) is 53.1. The van der Waals surface area contributed by atoms with Crippen molar-refractivity contribution in [3.63, 3.8) is 0 Å². The number of halogens is 5. The molecule has 3 aromatic heterocycles. The highest BCUT2D eigenvalue weighted by molar-refractivity contribution is 7.13. The van der Waals surface area contributed by atoms with Gasteiger partial charge < -0.3 is 46.1 Å². The first kappa shape index (κ1) is 66.6. The van der Waals surface area contributed by atoms with Crippen molar-refractivity contribution < 1.29 is 51.3 Å². The number of nitrogen functional groups attached to an aromatic ring is 1. The molecule has 24 heteroatoms. The molecular weight excluding hydrogens is 1200 g/mol. The summed E-state index contributed by atoms with van der Waals surface area (Å²) in [5.41, 5.74) is 6.08. The molecule has 1 aliphatic carbocycles. The van der Waals surface area contributed by atoms with E-state index in [-0.39, 0.29) is 95.3 Å². The maximum atomic E-state index is 17.5. The number of aromatic nitrogens is 4. The number of benzene rings is 2. The van der Waals surface area contributed by atoms with Gasteiger partial charge in [-0.2, -0.15) is 23.1 Å². The minimum atomic E-state index is -5.01. The molecule has 10 rings (SSSR count). The van der Waals surface area contributed by atoms with Crippen LogP contribution >= 0.6 is 22.9 Å². The van der Waals surface area contributed by atoms with Crippen LogP contribution in [0.3, 0.4) is 0 Å². The summed E-state index contributed by atoms with van der Waals surface area (Å²) in [5.74, 6) is -2.02. The Balaban J connectivity index is 0.779. The van der Waals surface area contributed by atoms with Crippen LogP contribution in [0, 0.1) is 35.9 Å². The average molecular weight is 1290 g/mol. The summed E-state index contributed by atoms with van der Waals surface area (Å²) < 4.78 is 75.3. The van der Waals surface area contributed by atoms with E-state index in [1.807, 2.05) is 86.7 Å². The second-order valence-electron chi connectivity index (χ2n) is 27.1. The van der Waals surface area contributed by atoms with E-state index in [1.54, 1.807) is 16.8 Å². The summed E-state index contributed by atoms with van der Waals surface area (Å²) in [4.78, 5) is 81.7. The quantitative estimate of drug-likeness (QED) is 0.0277. The van der Waals surface area contributed by atoms with Crippen LogP contribution in [0.5, 0.6) is 11.9 Å². The van der Waals surface area contributed by atoms with Gasteiger partial charge in [-0.25, -0.2) is 14.4 Å². The molecule has 3 amide bonds. The summed E-state index contributed by atoms with van der Waals surface area (Å²) in [6.45, 7) is 19.0. The van der Waals surface area contributed by atoms with Crippen LogP contribution in [0.2, 0.25) is 5.02 Å². The summed E-state index contributed by atoms with van der Waals surface area (Å²) in [7, 11) is 2.01. The fraction of sp³-hybridized carbons (Fsp3) is 0.606. The highest BCUT2D eigenvalue weighted by atomic mass is 35.5. The smallest absolute Gasteiger partial charge is 0.418 e. The lowest BCUT2D eigenvalue weighted by Gasteiger charge is -2.50. The Bertz CT molecular complexity index is 3480. The van der Waals surface area contributed by atoms with Crippen molar-refractivity contribution in [2.24, 2.45) is 23.2 Å². The number of carbonyl (C=O) groups is 4. The Morgan fingerprint density at radius 1 is 1.00 bits per heavy atom. The number of fused-ring (bicyclic) bond motifs is 6. The van der Waals surface area contributed by atoms with Crippen LogP contribution in [0.1, 0.15) is 155 Å². The number of hydrogen-bond donors (Lipinski definition) is 5. The van der Waals surface area contributed by atoms with E-state index >= 15 is 4.39 Å². The van der Waals surface area contributed by atoms with E-state index < -0.39 is 87.1 Å². The first-order valence-electron chi connectivity index (χ1n) is 31.8. The Morgan fingerprint density at radius 3 is 2.41 bits per heavy atom. The summed E-state index contributed by atoms with van der Waals surface area (Å²) in [6, 6.07) is 7.03. The van der Waals surface area contributed by atoms with Gasteiger partial charge in [0.15, 0.2) is 5.82 Å². The molecule has 1 saturated carbocycles. The van der Waals surface area contributed by atoms with Crippen LogP contribution in [0.25, 0.3) is 32.6 Å². The number of amides is 3. The number of ketones is 1. The van der Waals surface area contributed by atoms with E-state index in [1.165, 1.54) is 4.90 Å². The first-order valence-corrected chi connectivity index (χ1v) is 33.0. The van der Waals surface area contributed by atoms with Gasteiger partial charge in [0.05, 0.1) is 50.4 Å². The fourth-order valence-electron chi connectivity index (χ4n) is 14.7. The van der Waals surface area contributed by atoms with Crippen LogP contribution in [-0.2, 0) is 25.4 Å². The van der Waals surface area contributed by atoms with Gasteiger partial charge in [0.2, 0.25) is 23.6 Å². The lowest BCUT2D eigenvalue weighted by molar-refractivity contribution is -0.144. The molecule has 488 valence electrons. The van der Waals surface area contributed by atoms with Crippen LogP contribution in [0.15, 0.2) is 41.9 Å². The number of rotatable bonds is 20. The monoisotopic (exact) mass is 1290 g/mol. The number of likely N-dealkylation sites (N-methyl/N-ethyl adjacent to an activating group) is 1. The summed E-state index contributed by atoms with van der Waals surface area (Å²) >= 11 is 7.79. The zero-order chi connectivity index (χ0) is 64.9. The lowest BCUT2D eigenvalue weighted by Crippen LogP contribution is -2.61. The minimum Gasteiger partial charge on any atom is -0.472 e. The molecule has 0 spiro atoms. The number of aryl methyl sites for hydroxylation is 1. The molecule has 6 N–H and O–H groups in total. The third kappa shape index (κ3) is 13.8. The number of anilines is 2. The van der Waals surface area contributed by atoms with E-state index in [0.29, 0.717) is 51.0 Å². The van der Waals surface area contributed by atoms with E-state index in [9.17, 15) is 37.5 Å². The van der Waals surface area contributed by atoms with Gasteiger partial charge in [-0.3, -0.25) is 24.1 Å². The van der Waals surface area contributed by atoms with Gasteiger partial charge in [-0.1, -0.05) is 63.6 Å². The minimum absolute atomic E-state index is 0.00860. The van der Waals surface area contributed by atoms with Crippen molar-refractivity contribution in [3.05, 3.63) is 69.6 Å². The van der Waals surface area contributed by atoms with Crippen LogP contribution in [0.4, 0.5) is 29.1 Å². The molecule has 2 bridgehead atoms. The van der Waals surface area contributed by atoms with Crippen molar-refractivity contribution in [1.29, 1.82) is 0 Å². The van der Waals surface area contributed by atoms with Gasteiger partial charge in [0, 0.05) is 49.6 Å². The normalized spacial score (nSPS) is 25.0. The Labute approximate surface area is 533 Å². The number of likely N-dealkylation sites (tertiary alicyclic amines) is 2. The molecule has 90 heavy (non-hydrogen) atoms. The number of β-amino-alcohol motifs (C(OH)–C–C–N with tert-alkyl or cyclic N) is 1. The van der Waals surface area contributed by atoms with Crippen LogP contribution in [-0.4, -0.2) is 140 Å². The fourth-order valence-corrected chi connectivity index (χ4v) is 15.8. The molecule has 2 aromatic carbocycles. The topological polar surface area (TPSA) is 230 Å². The van der Waals surface area contributed by atoms with Crippen LogP contribution < -0.4 is 36.1 Å². The molecule has 3 saturated heterocycles. The van der Waals surface area contributed by atoms with Gasteiger partial charge in [0.1, 0.15) is 52.5 Å². The van der Waals surface area contributed by atoms with Crippen molar-refractivity contribution in [2.45, 2.75) is 200 Å². The molecule has 0 radical (unpaired) electrons. The largest absolute Gasteiger partial charge is 0.472 e.